The number of esters is 1. The average Bonchev–Trinajstić information content (AvgIpc) is 2.57. The molecular formula is C16H25NO6S2. The molecule has 1 aromatic carbocycles. The van der Waals surface area contributed by atoms with E-state index in [0.717, 1.165) is 0 Å². The van der Waals surface area contributed by atoms with Crippen molar-refractivity contribution in [3.8, 4) is 11.5 Å². The van der Waals surface area contributed by atoms with E-state index in [1.54, 1.807) is 19.9 Å². The van der Waals surface area contributed by atoms with Gasteiger partial charge in [-0.2, -0.15) is 16.5 Å². The molecule has 0 aliphatic rings. The number of hydrogen-bond donors (Lipinski definition) is 1. The second-order valence-corrected chi connectivity index (χ2v) is 8.13. The van der Waals surface area contributed by atoms with E-state index in [2.05, 4.69) is 4.72 Å². The van der Waals surface area contributed by atoms with E-state index in [1.165, 1.54) is 38.1 Å². The van der Waals surface area contributed by atoms with Crippen LogP contribution in [-0.2, 0) is 19.6 Å². The number of benzene rings is 1. The van der Waals surface area contributed by atoms with E-state index < -0.39 is 22.0 Å². The van der Waals surface area contributed by atoms with Crippen molar-refractivity contribution < 1.29 is 27.4 Å². The van der Waals surface area contributed by atoms with Gasteiger partial charge in [-0.25, -0.2) is 8.42 Å². The highest BCUT2D eigenvalue weighted by Crippen LogP contribution is 2.28. The van der Waals surface area contributed by atoms with Crippen LogP contribution in [0.15, 0.2) is 23.1 Å². The first-order valence-electron chi connectivity index (χ1n) is 7.69. The predicted molar refractivity (Wildman–Crippen MR) is 97.9 cm³/mol. The Hall–Kier alpha value is -1.45. The second-order valence-electron chi connectivity index (χ2n) is 5.46. The van der Waals surface area contributed by atoms with Gasteiger partial charge in [-0.15, -0.1) is 0 Å². The molecule has 0 radical (unpaired) electrons. The zero-order valence-electron chi connectivity index (χ0n) is 15.1. The third-order valence-electron chi connectivity index (χ3n) is 3.20. The maximum Gasteiger partial charge on any atom is 0.324 e. The van der Waals surface area contributed by atoms with Crippen LogP contribution >= 0.6 is 11.8 Å². The summed E-state index contributed by atoms with van der Waals surface area (Å²) in [6.07, 6.45) is 1.86. The minimum absolute atomic E-state index is 0.0964. The molecule has 1 atom stereocenters. The molecule has 142 valence electrons. The molecule has 25 heavy (non-hydrogen) atoms. The molecule has 1 N–H and O–H groups in total. The summed E-state index contributed by atoms with van der Waals surface area (Å²) in [4.78, 5) is 12.1. The van der Waals surface area contributed by atoms with E-state index in [0.29, 0.717) is 17.9 Å². The summed E-state index contributed by atoms with van der Waals surface area (Å²) in [7, 11) is -1.20. The predicted octanol–water partition coefficient (Wildman–Crippen LogP) is 2.06. The minimum Gasteiger partial charge on any atom is -0.497 e. The molecule has 1 unspecified atom stereocenters. The van der Waals surface area contributed by atoms with Gasteiger partial charge < -0.3 is 14.2 Å². The number of ether oxygens (including phenoxy) is 3. The molecule has 0 saturated carbocycles. The first kappa shape index (κ1) is 21.6. The van der Waals surface area contributed by atoms with E-state index in [9.17, 15) is 13.2 Å². The van der Waals surface area contributed by atoms with Crippen LogP contribution in [-0.4, -0.2) is 52.8 Å². The van der Waals surface area contributed by atoms with Crippen molar-refractivity contribution in [2.24, 2.45) is 0 Å². The third kappa shape index (κ3) is 6.41. The van der Waals surface area contributed by atoms with Gasteiger partial charge in [-0.3, -0.25) is 4.79 Å². The number of sulfonamides is 1. The maximum absolute atomic E-state index is 12.8. The molecule has 0 fully saturated rings. The topological polar surface area (TPSA) is 90.9 Å². The number of thioether (sulfide) groups is 1. The van der Waals surface area contributed by atoms with E-state index >= 15 is 0 Å². The van der Waals surface area contributed by atoms with Gasteiger partial charge in [-0.1, -0.05) is 0 Å². The molecule has 9 heteroatoms. The summed E-state index contributed by atoms with van der Waals surface area (Å²) in [5, 5.41) is 0. The van der Waals surface area contributed by atoms with Crippen LogP contribution in [0.1, 0.15) is 20.3 Å². The Labute approximate surface area is 153 Å². The highest BCUT2D eigenvalue weighted by molar-refractivity contribution is 7.98. The quantitative estimate of drug-likeness (QED) is 0.610. The number of hydrogen-bond acceptors (Lipinski definition) is 7. The van der Waals surface area contributed by atoms with E-state index in [-0.39, 0.29) is 16.7 Å². The van der Waals surface area contributed by atoms with Gasteiger partial charge in [0.05, 0.1) is 20.3 Å². The Kier molecular flexibility index (Phi) is 8.54. The normalized spacial score (nSPS) is 12.7. The largest absolute Gasteiger partial charge is 0.497 e. The highest BCUT2D eigenvalue weighted by Gasteiger charge is 2.29. The molecular weight excluding hydrogens is 366 g/mol. The molecule has 1 aromatic rings. The van der Waals surface area contributed by atoms with Gasteiger partial charge in [0.2, 0.25) is 10.0 Å². The Morgan fingerprint density at radius 3 is 2.44 bits per heavy atom. The van der Waals surface area contributed by atoms with Gasteiger partial charge in [0.1, 0.15) is 22.4 Å². The third-order valence-corrected chi connectivity index (χ3v) is 5.34. The van der Waals surface area contributed by atoms with Crippen molar-refractivity contribution in [2.75, 3.05) is 26.2 Å². The standard InChI is InChI=1S/C16H25NO6S2/c1-11(2)23-16(18)13(8-9-24-5)17-25(19,20)15-10-12(21-3)6-7-14(15)22-4/h6-7,10-11,13,17H,8-9H2,1-5H3. The van der Waals surface area contributed by atoms with Crippen LogP contribution in [0.25, 0.3) is 0 Å². The first-order valence-corrected chi connectivity index (χ1v) is 10.6. The van der Waals surface area contributed by atoms with Crippen LogP contribution in [0.3, 0.4) is 0 Å². The lowest BCUT2D eigenvalue weighted by Gasteiger charge is -2.20. The molecule has 0 aliphatic heterocycles. The van der Waals surface area contributed by atoms with Crippen molar-refractivity contribution in [3.05, 3.63) is 18.2 Å². The van der Waals surface area contributed by atoms with Gasteiger partial charge in [0.25, 0.3) is 0 Å². The van der Waals surface area contributed by atoms with Gasteiger partial charge in [-0.05, 0) is 44.4 Å². The molecule has 0 aliphatic carbocycles. The molecule has 7 nitrogen and oxygen atoms in total. The lowest BCUT2D eigenvalue weighted by Crippen LogP contribution is -2.43. The summed E-state index contributed by atoms with van der Waals surface area (Å²) in [5.74, 6) is 0.533. The molecule has 0 heterocycles. The first-order chi connectivity index (χ1) is 11.7. The lowest BCUT2D eigenvalue weighted by atomic mass is 10.2. The van der Waals surface area contributed by atoms with Gasteiger partial charge in [0, 0.05) is 6.07 Å². The van der Waals surface area contributed by atoms with Crippen LogP contribution < -0.4 is 14.2 Å². The zero-order chi connectivity index (χ0) is 19.0. The molecule has 0 amide bonds. The van der Waals surface area contributed by atoms with Crippen LogP contribution in [0.4, 0.5) is 0 Å². The summed E-state index contributed by atoms with van der Waals surface area (Å²) in [6.45, 7) is 3.42. The number of rotatable bonds is 10. The Balaban J connectivity index is 3.15. The highest BCUT2D eigenvalue weighted by atomic mass is 32.2. The summed E-state index contributed by atoms with van der Waals surface area (Å²) in [6, 6.07) is 3.46. The molecule has 0 saturated heterocycles. The van der Waals surface area contributed by atoms with Crippen LogP contribution in [0.5, 0.6) is 11.5 Å². The van der Waals surface area contributed by atoms with Crippen molar-refractivity contribution in [1.82, 2.24) is 4.72 Å². The fourth-order valence-corrected chi connectivity index (χ4v) is 3.89. The van der Waals surface area contributed by atoms with Crippen molar-refractivity contribution in [2.45, 2.75) is 37.3 Å². The smallest absolute Gasteiger partial charge is 0.324 e. The summed E-state index contributed by atoms with van der Waals surface area (Å²) >= 11 is 1.51. The van der Waals surface area contributed by atoms with E-state index in [4.69, 9.17) is 14.2 Å². The Morgan fingerprint density at radius 1 is 1.24 bits per heavy atom. The SMILES string of the molecule is COc1ccc(OC)c(S(=O)(=O)NC(CCSC)C(=O)OC(C)C)c1. The number of nitrogens with one attached hydrogen (secondary N) is 1. The minimum atomic E-state index is -4.01. The summed E-state index contributed by atoms with van der Waals surface area (Å²) < 4.78 is 43.4. The van der Waals surface area contributed by atoms with Gasteiger partial charge in [0.15, 0.2) is 0 Å². The molecule has 0 aromatic heterocycles. The summed E-state index contributed by atoms with van der Waals surface area (Å²) in [5.41, 5.74) is 0. The monoisotopic (exact) mass is 391 g/mol. The van der Waals surface area contributed by atoms with Crippen LogP contribution in [0.2, 0.25) is 0 Å². The molecule has 0 bridgehead atoms. The maximum atomic E-state index is 12.8. The molecule has 0 spiro atoms. The fourth-order valence-electron chi connectivity index (χ4n) is 2.02. The Bertz CT molecular complexity index is 675. The van der Waals surface area contributed by atoms with Crippen molar-refractivity contribution in [3.63, 3.8) is 0 Å². The number of methoxy groups -OCH3 is 2. The molecule has 1 rings (SSSR count). The number of carbonyl (C=O) groups excluding carboxylic acids is 1. The second kappa shape index (κ2) is 9.88. The van der Waals surface area contributed by atoms with Crippen LogP contribution in [0, 0.1) is 0 Å². The Morgan fingerprint density at radius 2 is 1.92 bits per heavy atom. The van der Waals surface area contributed by atoms with Crippen molar-refractivity contribution >= 4 is 27.8 Å². The van der Waals surface area contributed by atoms with Gasteiger partial charge >= 0.3 is 5.97 Å². The zero-order valence-corrected chi connectivity index (χ0v) is 16.7. The fraction of sp³-hybridized carbons (Fsp3) is 0.562. The average molecular weight is 392 g/mol. The van der Waals surface area contributed by atoms with E-state index in [1.807, 2.05) is 6.26 Å². The van der Waals surface area contributed by atoms with Crippen molar-refractivity contribution in [1.29, 1.82) is 0 Å². The number of carbonyl (C=O) groups is 1. The lowest BCUT2D eigenvalue weighted by molar-refractivity contribution is -0.149.